The van der Waals surface area contributed by atoms with E-state index >= 15 is 0 Å². The van der Waals surface area contributed by atoms with E-state index < -0.39 is 0 Å². The Morgan fingerprint density at radius 2 is 2.00 bits per heavy atom. The third-order valence-corrected chi connectivity index (χ3v) is 4.07. The molecule has 0 unspecified atom stereocenters. The van der Waals surface area contributed by atoms with Crippen LogP contribution in [0.25, 0.3) is 0 Å². The van der Waals surface area contributed by atoms with Crippen LogP contribution < -0.4 is 5.32 Å². The molecule has 2 aromatic heterocycles. The first-order chi connectivity index (χ1) is 10.3. The Labute approximate surface area is 129 Å². The summed E-state index contributed by atoms with van der Waals surface area (Å²) in [4.78, 5) is 17.2. The number of hydrogen-bond donors (Lipinski definition) is 1. The maximum absolute atomic E-state index is 12.0. The van der Waals surface area contributed by atoms with Crippen molar-refractivity contribution >= 4 is 45.1 Å². The molecular weight excluding hydrogens is 304 g/mol. The van der Waals surface area contributed by atoms with Gasteiger partial charge in [-0.2, -0.15) is 0 Å². The van der Waals surface area contributed by atoms with Gasteiger partial charge in [-0.25, -0.2) is 4.99 Å². The molecule has 0 spiro atoms. The summed E-state index contributed by atoms with van der Waals surface area (Å²) in [7, 11) is 0. The van der Waals surface area contributed by atoms with E-state index in [4.69, 9.17) is 0 Å². The zero-order valence-corrected chi connectivity index (χ0v) is 12.4. The van der Waals surface area contributed by atoms with Crippen LogP contribution in [-0.2, 0) is 0 Å². The highest BCUT2D eigenvalue weighted by molar-refractivity contribution is 7.19. The zero-order chi connectivity index (χ0) is 14.5. The predicted molar refractivity (Wildman–Crippen MR) is 85.9 cm³/mol. The molecule has 1 amide bonds. The molecule has 1 aromatic carbocycles. The first-order valence-corrected chi connectivity index (χ1v) is 7.78. The van der Waals surface area contributed by atoms with Crippen LogP contribution in [0.5, 0.6) is 0 Å². The summed E-state index contributed by atoms with van der Waals surface area (Å²) >= 11 is 2.82. The number of aliphatic imine (C=N–C) groups is 1. The van der Waals surface area contributed by atoms with Crippen molar-refractivity contribution in [2.45, 2.75) is 0 Å². The van der Waals surface area contributed by atoms with Gasteiger partial charge in [0.05, 0.1) is 0 Å². The fourth-order valence-corrected chi connectivity index (χ4v) is 2.73. The van der Waals surface area contributed by atoms with Crippen molar-refractivity contribution in [1.29, 1.82) is 0 Å². The molecule has 0 fully saturated rings. The molecule has 104 valence electrons. The van der Waals surface area contributed by atoms with Crippen LogP contribution in [0.3, 0.4) is 0 Å². The lowest BCUT2D eigenvalue weighted by Gasteiger charge is -1.99. The van der Waals surface area contributed by atoms with Crippen molar-refractivity contribution in [3.05, 3.63) is 58.3 Å². The Balaban J connectivity index is 1.67. The molecule has 1 N–H and O–H groups in total. The number of thiophene rings is 1. The number of nitrogens with one attached hydrogen (secondary N) is 1. The number of nitrogens with zero attached hydrogens (tertiary/aromatic N) is 3. The van der Waals surface area contributed by atoms with E-state index in [-0.39, 0.29) is 5.91 Å². The number of rotatable bonds is 4. The Hall–Kier alpha value is -2.38. The molecule has 0 bridgehead atoms. The van der Waals surface area contributed by atoms with E-state index in [1.165, 1.54) is 11.3 Å². The van der Waals surface area contributed by atoms with Gasteiger partial charge in [-0.1, -0.05) is 35.6 Å². The molecule has 0 saturated carbocycles. The smallest absolute Gasteiger partial charge is 0.257 e. The molecule has 0 saturated heterocycles. The van der Waals surface area contributed by atoms with Crippen LogP contribution in [-0.4, -0.2) is 22.3 Å². The predicted octanol–water partition coefficient (Wildman–Crippen LogP) is 3.60. The minimum absolute atomic E-state index is 0.208. The lowest BCUT2D eigenvalue weighted by atomic mass is 10.2. The summed E-state index contributed by atoms with van der Waals surface area (Å²) in [5, 5.41) is 13.5. The average molecular weight is 314 g/mol. The van der Waals surface area contributed by atoms with Gasteiger partial charge in [-0.3, -0.25) is 10.1 Å². The van der Waals surface area contributed by atoms with Gasteiger partial charge >= 0.3 is 0 Å². The summed E-state index contributed by atoms with van der Waals surface area (Å²) in [6, 6.07) is 12.9. The van der Waals surface area contributed by atoms with Gasteiger partial charge in [0.15, 0.2) is 0 Å². The van der Waals surface area contributed by atoms with Gasteiger partial charge in [-0.15, -0.1) is 21.5 Å². The monoisotopic (exact) mass is 314 g/mol. The van der Waals surface area contributed by atoms with Crippen molar-refractivity contribution < 1.29 is 4.79 Å². The Bertz CT molecular complexity index is 750. The third-order valence-electron chi connectivity index (χ3n) is 2.52. The Morgan fingerprint density at radius 3 is 2.76 bits per heavy atom. The van der Waals surface area contributed by atoms with Gasteiger partial charge in [0.25, 0.3) is 5.91 Å². The lowest BCUT2D eigenvalue weighted by molar-refractivity contribution is 0.102. The first-order valence-electron chi connectivity index (χ1n) is 6.09. The minimum atomic E-state index is -0.208. The van der Waals surface area contributed by atoms with Crippen LogP contribution >= 0.6 is 22.7 Å². The van der Waals surface area contributed by atoms with Gasteiger partial charge in [0.2, 0.25) is 10.3 Å². The van der Waals surface area contributed by atoms with Crippen molar-refractivity contribution in [3.63, 3.8) is 0 Å². The lowest BCUT2D eigenvalue weighted by Crippen LogP contribution is -2.11. The number of amides is 1. The maximum Gasteiger partial charge on any atom is 0.257 e. The Kier molecular flexibility index (Phi) is 4.13. The number of aromatic nitrogens is 2. The third kappa shape index (κ3) is 3.59. The van der Waals surface area contributed by atoms with E-state index in [1.54, 1.807) is 29.7 Å². The molecule has 21 heavy (non-hydrogen) atoms. The second-order valence-corrected chi connectivity index (χ2v) is 5.92. The minimum Gasteiger partial charge on any atom is -0.296 e. The van der Waals surface area contributed by atoms with E-state index in [1.807, 2.05) is 35.7 Å². The number of carbonyl (C=O) groups is 1. The van der Waals surface area contributed by atoms with E-state index in [2.05, 4.69) is 20.5 Å². The largest absolute Gasteiger partial charge is 0.296 e. The fourth-order valence-electron chi connectivity index (χ4n) is 1.56. The molecule has 5 nitrogen and oxygen atoms in total. The molecule has 0 aliphatic rings. The molecule has 0 aliphatic heterocycles. The molecule has 3 aromatic rings. The quantitative estimate of drug-likeness (QED) is 0.748. The molecule has 0 aliphatic carbocycles. The number of anilines is 1. The van der Waals surface area contributed by atoms with Gasteiger partial charge in [-0.05, 0) is 23.6 Å². The molecule has 7 heteroatoms. The van der Waals surface area contributed by atoms with Crippen molar-refractivity contribution in [2.75, 3.05) is 5.32 Å². The van der Waals surface area contributed by atoms with Crippen LogP contribution in [0.4, 0.5) is 10.3 Å². The standard InChI is InChI=1S/C14H10N4OS2/c19-12(10-5-2-1-3-6-10)16-14-18-17-13(21-14)15-9-11-7-4-8-20-11/h1-9H,(H,16,18,19). The highest BCUT2D eigenvalue weighted by Gasteiger charge is 2.09. The molecule has 0 radical (unpaired) electrons. The summed E-state index contributed by atoms with van der Waals surface area (Å²) in [5.41, 5.74) is 0.580. The van der Waals surface area contributed by atoms with Crippen molar-refractivity contribution in [3.8, 4) is 0 Å². The van der Waals surface area contributed by atoms with Crippen LogP contribution in [0.2, 0.25) is 0 Å². The maximum atomic E-state index is 12.0. The van der Waals surface area contributed by atoms with Gasteiger partial charge in [0.1, 0.15) is 0 Å². The van der Waals surface area contributed by atoms with E-state index in [9.17, 15) is 4.79 Å². The normalized spacial score (nSPS) is 10.9. The van der Waals surface area contributed by atoms with Crippen LogP contribution in [0.1, 0.15) is 15.2 Å². The summed E-state index contributed by atoms with van der Waals surface area (Å²) in [6.07, 6.45) is 1.73. The fraction of sp³-hybridized carbons (Fsp3) is 0. The van der Waals surface area contributed by atoms with E-state index in [0.29, 0.717) is 15.8 Å². The van der Waals surface area contributed by atoms with Crippen molar-refractivity contribution in [1.82, 2.24) is 10.2 Å². The van der Waals surface area contributed by atoms with Crippen LogP contribution in [0.15, 0.2) is 52.8 Å². The number of carbonyl (C=O) groups excluding carboxylic acids is 1. The SMILES string of the molecule is O=C(Nc1nnc(N=Cc2cccs2)s1)c1ccccc1. The Morgan fingerprint density at radius 1 is 1.14 bits per heavy atom. The summed E-state index contributed by atoms with van der Waals surface area (Å²) in [5.74, 6) is -0.208. The topological polar surface area (TPSA) is 67.2 Å². The first kappa shape index (κ1) is 13.6. The zero-order valence-electron chi connectivity index (χ0n) is 10.8. The second-order valence-electron chi connectivity index (χ2n) is 3.98. The molecule has 0 atom stereocenters. The average Bonchev–Trinajstić information content (AvgIpc) is 3.17. The summed E-state index contributed by atoms with van der Waals surface area (Å²) in [6.45, 7) is 0. The van der Waals surface area contributed by atoms with E-state index in [0.717, 1.165) is 4.88 Å². The van der Waals surface area contributed by atoms with Gasteiger partial charge < -0.3 is 0 Å². The van der Waals surface area contributed by atoms with Crippen molar-refractivity contribution in [2.24, 2.45) is 4.99 Å². The number of hydrogen-bond acceptors (Lipinski definition) is 6. The molecule has 3 rings (SSSR count). The molecular formula is C14H10N4OS2. The highest BCUT2D eigenvalue weighted by Crippen LogP contribution is 2.23. The second kappa shape index (κ2) is 6.38. The summed E-state index contributed by atoms with van der Waals surface area (Å²) < 4.78 is 0. The molecule has 2 heterocycles. The van der Waals surface area contributed by atoms with Crippen LogP contribution in [0, 0.1) is 0 Å². The van der Waals surface area contributed by atoms with Gasteiger partial charge in [0, 0.05) is 16.7 Å². The highest BCUT2D eigenvalue weighted by atomic mass is 32.1. The number of benzene rings is 1.